The second kappa shape index (κ2) is 7.59. The Morgan fingerprint density at radius 2 is 2.00 bits per heavy atom. The zero-order valence-corrected chi connectivity index (χ0v) is 11.9. The van der Waals surface area contributed by atoms with Crippen molar-refractivity contribution >= 4 is 17.5 Å². The molecule has 2 N–H and O–H groups in total. The lowest BCUT2D eigenvalue weighted by Gasteiger charge is -2.20. The number of hydrogen-bond donors (Lipinski definition) is 2. The molecule has 0 fully saturated rings. The zero-order valence-electron chi connectivity index (χ0n) is 11.9. The summed E-state index contributed by atoms with van der Waals surface area (Å²) in [6.45, 7) is 4.10. The maximum Gasteiger partial charge on any atom is 0.239 e. The van der Waals surface area contributed by atoms with E-state index < -0.39 is 17.8 Å². The molecule has 0 aliphatic rings. The van der Waals surface area contributed by atoms with Crippen LogP contribution in [0.3, 0.4) is 0 Å². The number of halogens is 1. The molecule has 1 rings (SSSR count). The topological polar surface area (TPSA) is 61.4 Å². The number of nitrogens with zero attached hydrogens (tertiary/aromatic N) is 1. The number of benzene rings is 1. The molecule has 0 radical (unpaired) electrons. The van der Waals surface area contributed by atoms with E-state index in [4.69, 9.17) is 0 Å². The molecule has 2 amide bonds. The van der Waals surface area contributed by atoms with Crippen molar-refractivity contribution in [1.29, 1.82) is 0 Å². The highest BCUT2D eigenvalue weighted by molar-refractivity contribution is 5.92. The van der Waals surface area contributed by atoms with E-state index in [1.54, 1.807) is 31.0 Å². The Bertz CT molecular complexity index is 479. The number of nitrogens with one attached hydrogen (secondary N) is 2. The smallest absolute Gasteiger partial charge is 0.239 e. The normalized spacial score (nSPS) is 11.8. The van der Waals surface area contributed by atoms with Gasteiger partial charge in [0.25, 0.3) is 0 Å². The average molecular weight is 281 g/mol. The van der Waals surface area contributed by atoms with Gasteiger partial charge in [0.05, 0.1) is 18.3 Å². The van der Waals surface area contributed by atoms with Gasteiger partial charge in [0.1, 0.15) is 5.82 Å². The Morgan fingerprint density at radius 1 is 1.35 bits per heavy atom. The van der Waals surface area contributed by atoms with E-state index >= 15 is 0 Å². The van der Waals surface area contributed by atoms with Crippen LogP contribution in [0.4, 0.5) is 10.1 Å². The predicted octanol–water partition coefficient (Wildman–Crippen LogP) is 1.22. The van der Waals surface area contributed by atoms with Gasteiger partial charge >= 0.3 is 0 Å². The fraction of sp³-hybridized carbons (Fsp3) is 0.429. The molecule has 5 nitrogen and oxygen atoms in total. The first-order chi connectivity index (χ1) is 9.45. The lowest BCUT2D eigenvalue weighted by Crippen LogP contribution is -2.45. The van der Waals surface area contributed by atoms with Crippen LogP contribution in [-0.2, 0) is 9.59 Å². The average Bonchev–Trinajstić information content (AvgIpc) is 2.45. The van der Waals surface area contributed by atoms with Crippen LogP contribution in [0.25, 0.3) is 0 Å². The minimum absolute atomic E-state index is 0.0568. The lowest BCUT2D eigenvalue weighted by atomic mass is 10.3. The van der Waals surface area contributed by atoms with E-state index in [9.17, 15) is 14.0 Å². The number of likely N-dealkylation sites (N-methyl/N-ethyl adjacent to an activating group) is 1. The zero-order chi connectivity index (χ0) is 15.1. The summed E-state index contributed by atoms with van der Waals surface area (Å²) in [5.74, 6) is -0.976. The predicted molar refractivity (Wildman–Crippen MR) is 75.8 cm³/mol. The first-order valence-electron chi connectivity index (χ1n) is 6.48. The van der Waals surface area contributed by atoms with Gasteiger partial charge in [0, 0.05) is 13.6 Å². The van der Waals surface area contributed by atoms with Crippen LogP contribution >= 0.6 is 0 Å². The lowest BCUT2D eigenvalue weighted by molar-refractivity contribution is -0.131. The molecule has 6 heteroatoms. The largest absolute Gasteiger partial charge is 0.345 e. The van der Waals surface area contributed by atoms with Gasteiger partial charge in [0.2, 0.25) is 11.8 Å². The van der Waals surface area contributed by atoms with Gasteiger partial charge < -0.3 is 10.2 Å². The van der Waals surface area contributed by atoms with Gasteiger partial charge in [0.15, 0.2) is 0 Å². The van der Waals surface area contributed by atoms with Crippen LogP contribution in [0.2, 0.25) is 0 Å². The van der Waals surface area contributed by atoms with Crippen molar-refractivity contribution in [3.63, 3.8) is 0 Å². The number of rotatable bonds is 6. The van der Waals surface area contributed by atoms with E-state index in [0.29, 0.717) is 6.54 Å². The van der Waals surface area contributed by atoms with Crippen LogP contribution in [0, 0.1) is 5.82 Å². The summed E-state index contributed by atoms with van der Waals surface area (Å²) < 4.78 is 13.3. The number of carbonyl (C=O) groups is 2. The third kappa shape index (κ3) is 4.62. The first-order valence-corrected chi connectivity index (χ1v) is 6.48. The molecule has 0 spiro atoms. The van der Waals surface area contributed by atoms with Crippen molar-refractivity contribution in [2.75, 3.05) is 25.5 Å². The van der Waals surface area contributed by atoms with Crippen molar-refractivity contribution in [2.45, 2.75) is 19.9 Å². The molecule has 0 aliphatic heterocycles. The van der Waals surface area contributed by atoms with E-state index in [-0.39, 0.29) is 18.1 Å². The molecule has 0 aliphatic carbocycles. The minimum Gasteiger partial charge on any atom is -0.345 e. The molecule has 0 bridgehead atoms. The highest BCUT2D eigenvalue weighted by Crippen LogP contribution is 2.11. The molecule has 20 heavy (non-hydrogen) atoms. The number of carbonyl (C=O) groups excluding carboxylic acids is 2. The van der Waals surface area contributed by atoms with E-state index in [0.717, 1.165) is 0 Å². The summed E-state index contributed by atoms with van der Waals surface area (Å²) in [5.41, 5.74) is 0.129. The van der Waals surface area contributed by atoms with E-state index in [1.807, 2.05) is 6.92 Å². The maximum atomic E-state index is 13.3. The summed E-state index contributed by atoms with van der Waals surface area (Å²) >= 11 is 0. The van der Waals surface area contributed by atoms with Gasteiger partial charge in [-0.15, -0.1) is 0 Å². The standard InChI is InChI=1S/C14H20FN3O2/c1-4-18(3)14(20)10(2)16-9-13(19)17-12-8-6-5-7-11(12)15/h5-8,10,16H,4,9H2,1-3H3,(H,17,19). The monoisotopic (exact) mass is 281 g/mol. The van der Waals surface area contributed by atoms with Gasteiger partial charge in [-0.1, -0.05) is 12.1 Å². The molecular weight excluding hydrogens is 261 g/mol. The Kier molecular flexibility index (Phi) is 6.11. The Morgan fingerprint density at radius 3 is 2.60 bits per heavy atom. The van der Waals surface area contributed by atoms with Crippen molar-refractivity contribution in [3.05, 3.63) is 30.1 Å². The second-order valence-corrected chi connectivity index (χ2v) is 4.48. The van der Waals surface area contributed by atoms with Crippen LogP contribution in [0.15, 0.2) is 24.3 Å². The van der Waals surface area contributed by atoms with Gasteiger partial charge in [-0.05, 0) is 26.0 Å². The first kappa shape index (κ1) is 16.1. The van der Waals surface area contributed by atoms with Gasteiger partial charge in [-0.25, -0.2) is 4.39 Å². The Hall–Kier alpha value is -1.95. The molecule has 0 aromatic heterocycles. The van der Waals surface area contributed by atoms with Crippen LogP contribution in [0.5, 0.6) is 0 Å². The fourth-order valence-corrected chi connectivity index (χ4v) is 1.58. The fourth-order valence-electron chi connectivity index (χ4n) is 1.58. The molecule has 1 aromatic rings. The molecular formula is C14H20FN3O2. The van der Waals surface area contributed by atoms with Crippen molar-refractivity contribution < 1.29 is 14.0 Å². The number of anilines is 1. The number of para-hydroxylation sites is 1. The highest BCUT2D eigenvalue weighted by atomic mass is 19.1. The van der Waals surface area contributed by atoms with Gasteiger partial charge in [-0.2, -0.15) is 0 Å². The summed E-state index contributed by atoms with van der Waals surface area (Å²) in [6.07, 6.45) is 0. The number of hydrogen-bond acceptors (Lipinski definition) is 3. The maximum absolute atomic E-state index is 13.3. The Labute approximate surface area is 118 Å². The molecule has 0 saturated heterocycles. The summed E-state index contributed by atoms with van der Waals surface area (Å²) in [6, 6.07) is 5.46. The molecule has 0 saturated carbocycles. The number of amides is 2. The summed E-state index contributed by atoms with van der Waals surface area (Å²) in [7, 11) is 1.69. The van der Waals surface area contributed by atoms with E-state index in [1.165, 1.54) is 12.1 Å². The highest BCUT2D eigenvalue weighted by Gasteiger charge is 2.16. The van der Waals surface area contributed by atoms with Crippen LogP contribution < -0.4 is 10.6 Å². The molecule has 1 aromatic carbocycles. The Balaban J connectivity index is 2.44. The summed E-state index contributed by atoms with van der Waals surface area (Å²) in [4.78, 5) is 25.0. The van der Waals surface area contributed by atoms with Gasteiger partial charge in [-0.3, -0.25) is 14.9 Å². The minimum atomic E-state index is -0.490. The quantitative estimate of drug-likeness (QED) is 0.824. The summed E-state index contributed by atoms with van der Waals surface area (Å²) in [5, 5.41) is 5.26. The second-order valence-electron chi connectivity index (χ2n) is 4.48. The third-order valence-corrected chi connectivity index (χ3v) is 2.94. The van der Waals surface area contributed by atoms with Crippen molar-refractivity contribution in [2.24, 2.45) is 0 Å². The molecule has 1 atom stereocenters. The van der Waals surface area contributed by atoms with E-state index in [2.05, 4.69) is 10.6 Å². The van der Waals surface area contributed by atoms with Crippen LogP contribution in [-0.4, -0.2) is 42.9 Å². The van der Waals surface area contributed by atoms with Crippen LogP contribution in [0.1, 0.15) is 13.8 Å². The third-order valence-electron chi connectivity index (χ3n) is 2.94. The molecule has 0 heterocycles. The van der Waals surface area contributed by atoms with Crippen molar-refractivity contribution in [1.82, 2.24) is 10.2 Å². The molecule has 1 unspecified atom stereocenters. The SMILES string of the molecule is CCN(C)C(=O)C(C)NCC(=O)Nc1ccccc1F. The van der Waals surface area contributed by atoms with Crippen molar-refractivity contribution in [3.8, 4) is 0 Å². The molecule has 110 valence electrons.